The van der Waals surface area contributed by atoms with Crippen LogP contribution in [0.4, 0.5) is 5.69 Å². The second-order valence-corrected chi connectivity index (χ2v) is 5.68. The first-order valence-corrected chi connectivity index (χ1v) is 7.12. The van der Waals surface area contributed by atoms with Gasteiger partial charge in [-0.05, 0) is 24.6 Å². The Labute approximate surface area is 111 Å². The quantitative estimate of drug-likeness (QED) is 0.871. The lowest BCUT2D eigenvalue weighted by molar-refractivity contribution is 0.598. The van der Waals surface area contributed by atoms with E-state index >= 15 is 0 Å². The zero-order chi connectivity index (χ0) is 13.9. The summed E-state index contributed by atoms with van der Waals surface area (Å²) in [5.41, 5.74) is 2.56. The van der Waals surface area contributed by atoms with Crippen LogP contribution in [-0.2, 0) is 16.6 Å². The van der Waals surface area contributed by atoms with Gasteiger partial charge in [0.05, 0.1) is 4.90 Å². The van der Waals surface area contributed by atoms with Gasteiger partial charge in [0.1, 0.15) is 6.33 Å². The highest BCUT2D eigenvalue weighted by atomic mass is 32.2. The number of rotatable bonds is 4. The average Bonchev–Trinajstić information content (AvgIpc) is 2.37. The van der Waals surface area contributed by atoms with Crippen molar-refractivity contribution in [2.24, 2.45) is 5.14 Å². The molecule has 1 heterocycles. The lowest BCUT2D eigenvalue weighted by atomic mass is 10.2. The molecular formula is C12H14N4O2S. The van der Waals surface area contributed by atoms with E-state index in [4.69, 9.17) is 5.14 Å². The van der Waals surface area contributed by atoms with Gasteiger partial charge in [-0.25, -0.2) is 23.5 Å². The summed E-state index contributed by atoms with van der Waals surface area (Å²) in [4.78, 5) is 7.91. The molecule has 0 aliphatic rings. The van der Waals surface area contributed by atoms with Crippen molar-refractivity contribution < 1.29 is 8.42 Å². The number of hydrogen-bond acceptors (Lipinski definition) is 5. The zero-order valence-electron chi connectivity index (χ0n) is 10.4. The van der Waals surface area contributed by atoms with Gasteiger partial charge < -0.3 is 5.32 Å². The highest BCUT2D eigenvalue weighted by Gasteiger charge is 2.09. The zero-order valence-corrected chi connectivity index (χ0v) is 11.2. The number of primary sulfonamides is 1. The molecule has 0 radical (unpaired) electrons. The minimum absolute atomic E-state index is 0.0879. The SMILES string of the molecule is Cc1ccc(S(N)(=O)=O)cc1NCc1cncnc1. The van der Waals surface area contributed by atoms with E-state index < -0.39 is 10.0 Å². The van der Waals surface area contributed by atoms with Gasteiger partial charge in [0.25, 0.3) is 0 Å². The molecule has 6 nitrogen and oxygen atoms in total. The van der Waals surface area contributed by atoms with Crippen LogP contribution in [-0.4, -0.2) is 18.4 Å². The maximum absolute atomic E-state index is 11.3. The van der Waals surface area contributed by atoms with Gasteiger partial charge >= 0.3 is 0 Å². The molecule has 0 fully saturated rings. The Morgan fingerprint density at radius 1 is 1.26 bits per heavy atom. The number of nitrogens with one attached hydrogen (secondary N) is 1. The predicted octanol–water partition coefficient (Wildman–Crippen LogP) is 1.04. The van der Waals surface area contributed by atoms with Crippen LogP contribution in [0, 0.1) is 6.92 Å². The van der Waals surface area contributed by atoms with Gasteiger partial charge in [0.2, 0.25) is 10.0 Å². The van der Waals surface area contributed by atoms with Gasteiger partial charge in [0, 0.05) is 30.2 Å². The molecule has 2 aromatic rings. The van der Waals surface area contributed by atoms with Crippen molar-refractivity contribution >= 4 is 15.7 Å². The molecule has 1 aromatic heterocycles. The fraction of sp³-hybridized carbons (Fsp3) is 0.167. The number of nitrogens with zero attached hydrogens (tertiary/aromatic N) is 2. The number of benzene rings is 1. The smallest absolute Gasteiger partial charge is 0.238 e. The molecule has 0 spiro atoms. The van der Waals surface area contributed by atoms with Crippen molar-refractivity contribution in [1.82, 2.24) is 9.97 Å². The third kappa shape index (κ3) is 3.49. The first-order valence-electron chi connectivity index (χ1n) is 5.58. The molecule has 0 bridgehead atoms. The van der Waals surface area contributed by atoms with E-state index in [0.717, 1.165) is 16.8 Å². The van der Waals surface area contributed by atoms with Crippen molar-refractivity contribution in [3.8, 4) is 0 Å². The third-order valence-electron chi connectivity index (χ3n) is 2.63. The van der Waals surface area contributed by atoms with E-state index in [0.29, 0.717) is 6.54 Å². The second kappa shape index (κ2) is 5.33. The molecule has 0 unspecified atom stereocenters. The molecule has 19 heavy (non-hydrogen) atoms. The minimum atomic E-state index is -3.69. The molecule has 7 heteroatoms. The van der Waals surface area contributed by atoms with Crippen LogP contribution in [0.5, 0.6) is 0 Å². The van der Waals surface area contributed by atoms with Crippen molar-refractivity contribution in [2.75, 3.05) is 5.32 Å². The lowest BCUT2D eigenvalue weighted by Crippen LogP contribution is -2.13. The number of aromatic nitrogens is 2. The molecule has 3 N–H and O–H groups in total. The van der Waals surface area contributed by atoms with Gasteiger partial charge in [-0.1, -0.05) is 6.07 Å². The largest absolute Gasteiger partial charge is 0.381 e. The van der Waals surface area contributed by atoms with E-state index in [9.17, 15) is 8.42 Å². The highest BCUT2D eigenvalue weighted by Crippen LogP contribution is 2.19. The Bertz CT molecular complexity index is 671. The topological polar surface area (TPSA) is 98.0 Å². The summed E-state index contributed by atoms with van der Waals surface area (Å²) in [6, 6.07) is 4.72. The van der Waals surface area contributed by atoms with Crippen LogP contribution in [0.15, 0.2) is 41.8 Å². The standard InChI is InChI=1S/C12H14N4O2S/c1-9-2-3-11(19(13,17)18)4-12(9)16-7-10-5-14-8-15-6-10/h2-6,8,16H,7H2,1H3,(H2,13,17,18). The number of aryl methyl sites for hydroxylation is 1. The van der Waals surface area contributed by atoms with E-state index in [-0.39, 0.29) is 4.90 Å². The molecule has 0 aliphatic heterocycles. The Balaban J connectivity index is 2.21. The van der Waals surface area contributed by atoms with Crippen molar-refractivity contribution in [3.63, 3.8) is 0 Å². The summed E-state index contributed by atoms with van der Waals surface area (Å²) in [5, 5.41) is 8.25. The molecule has 0 atom stereocenters. The summed E-state index contributed by atoms with van der Waals surface area (Å²) in [6.45, 7) is 2.40. The molecule has 1 aromatic carbocycles. The molecule has 0 saturated carbocycles. The van der Waals surface area contributed by atoms with E-state index in [1.807, 2.05) is 6.92 Å². The summed E-state index contributed by atoms with van der Waals surface area (Å²) in [7, 11) is -3.69. The number of anilines is 1. The van der Waals surface area contributed by atoms with Crippen molar-refractivity contribution in [3.05, 3.63) is 48.0 Å². The minimum Gasteiger partial charge on any atom is -0.381 e. The van der Waals surface area contributed by atoms with E-state index in [1.54, 1.807) is 18.5 Å². The maximum atomic E-state index is 11.3. The van der Waals surface area contributed by atoms with E-state index in [2.05, 4.69) is 15.3 Å². The number of sulfonamides is 1. The van der Waals surface area contributed by atoms with Crippen LogP contribution in [0.25, 0.3) is 0 Å². The van der Waals surface area contributed by atoms with Crippen LogP contribution in [0.1, 0.15) is 11.1 Å². The average molecular weight is 278 g/mol. The van der Waals surface area contributed by atoms with Crippen molar-refractivity contribution in [2.45, 2.75) is 18.4 Å². The van der Waals surface area contributed by atoms with Crippen LogP contribution >= 0.6 is 0 Å². The normalized spacial score (nSPS) is 11.3. The summed E-state index contributed by atoms with van der Waals surface area (Å²) in [5.74, 6) is 0. The van der Waals surface area contributed by atoms with Crippen LogP contribution in [0.3, 0.4) is 0 Å². The molecule has 100 valence electrons. The number of nitrogens with two attached hydrogens (primary N) is 1. The number of hydrogen-bond donors (Lipinski definition) is 2. The first-order chi connectivity index (χ1) is 8.97. The Hall–Kier alpha value is -1.99. The van der Waals surface area contributed by atoms with Gasteiger partial charge in [-0.2, -0.15) is 0 Å². The Morgan fingerprint density at radius 3 is 2.58 bits per heavy atom. The lowest BCUT2D eigenvalue weighted by Gasteiger charge is -2.10. The van der Waals surface area contributed by atoms with Crippen LogP contribution < -0.4 is 10.5 Å². The van der Waals surface area contributed by atoms with E-state index in [1.165, 1.54) is 18.5 Å². The van der Waals surface area contributed by atoms with Crippen molar-refractivity contribution in [1.29, 1.82) is 0 Å². The fourth-order valence-corrected chi connectivity index (χ4v) is 2.13. The monoisotopic (exact) mass is 278 g/mol. The molecular weight excluding hydrogens is 264 g/mol. The molecule has 0 saturated heterocycles. The van der Waals surface area contributed by atoms with Gasteiger partial charge in [-0.15, -0.1) is 0 Å². The van der Waals surface area contributed by atoms with Crippen LogP contribution in [0.2, 0.25) is 0 Å². The third-order valence-corrected chi connectivity index (χ3v) is 3.55. The Morgan fingerprint density at radius 2 is 1.95 bits per heavy atom. The Kier molecular flexibility index (Phi) is 3.77. The molecule has 0 amide bonds. The van der Waals surface area contributed by atoms with Gasteiger partial charge in [-0.3, -0.25) is 0 Å². The maximum Gasteiger partial charge on any atom is 0.238 e. The fourth-order valence-electron chi connectivity index (χ4n) is 1.59. The summed E-state index contributed by atoms with van der Waals surface area (Å²) < 4.78 is 22.6. The highest BCUT2D eigenvalue weighted by molar-refractivity contribution is 7.89. The molecule has 0 aliphatic carbocycles. The molecule has 2 rings (SSSR count). The van der Waals surface area contributed by atoms with Gasteiger partial charge in [0.15, 0.2) is 0 Å². The second-order valence-electron chi connectivity index (χ2n) is 4.12. The summed E-state index contributed by atoms with van der Waals surface area (Å²) >= 11 is 0. The first kappa shape index (κ1) is 13.4. The summed E-state index contributed by atoms with van der Waals surface area (Å²) in [6.07, 6.45) is 4.84. The predicted molar refractivity (Wildman–Crippen MR) is 71.9 cm³/mol.